The molecule has 0 spiro atoms. The Morgan fingerprint density at radius 3 is 2.71 bits per heavy atom. The summed E-state index contributed by atoms with van der Waals surface area (Å²) in [6.45, 7) is 4.52. The van der Waals surface area contributed by atoms with Crippen molar-refractivity contribution >= 4 is 11.6 Å². The molecule has 0 atom stereocenters. The highest BCUT2D eigenvalue weighted by atomic mass is 16.2. The number of anilines is 1. The Labute approximate surface area is 103 Å². The molecule has 1 aromatic rings. The van der Waals surface area contributed by atoms with Crippen molar-refractivity contribution in [3.8, 4) is 0 Å². The van der Waals surface area contributed by atoms with Crippen molar-refractivity contribution in [2.75, 3.05) is 18.9 Å². The van der Waals surface area contributed by atoms with Gasteiger partial charge < -0.3 is 10.2 Å². The van der Waals surface area contributed by atoms with E-state index in [9.17, 15) is 4.79 Å². The Kier molecular flexibility index (Phi) is 3.36. The van der Waals surface area contributed by atoms with Gasteiger partial charge in [-0.25, -0.2) is 0 Å². The summed E-state index contributed by atoms with van der Waals surface area (Å²) in [4.78, 5) is 13.7. The van der Waals surface area contributed by atoms with Crippen molar-refractivity contribution in [2.24, 2.45) is 0 Å². The molecule has 1 aromatic carbocycles. The predicted molar refractivity (Wildman–Crippen MR) is 70.2 cm³/mol. The van der Waals surface area contributed by atoms with Crippen LogP contribution in [0.25, 0.3) is 0 Å². The van der Waals surface area contributed by atoms with Gasteiger partial charge in [0.2, 0.25) is 5.91 Å². The van der Waals surface area contributed by atoms with Gasteiger partial charge in [0, 0.05) is 18.8 Å². The molecule has 0 unspecified atom stereocenters. The molecular formula is C14H20N2O. The number of hydrogen-bond donors (Lipinski definition) is 1. The van der Waals surface area contributed by atoms with E-state index in [4.69, 9.17) is 0 Å². The van der Waals surface area contributed by atoms with Crippen molar-refractivity contribution in [3.05, 3.63) is 29.3 Å². The summed E-state index contributed by atoms with van der Waals surface area (Å²) in [7, 11) is 1.89. The molecule has 3 nitrogen and oxygen atoms in total. The smallest absolute Gasteiger partial charge is 0.241 e. The van der Waals surface area contributed by atoms with Crippen LogP contribution in [-0.4, -0.2) is 30.4 Å². The van der Waals surface area contributed by atoms with Gasteiger partial charge in [0.25, 0.3) is 0 Å². The van der Waals surface area contributed by atoms with Crippen molar-refractivity contribution in [2.45, 2.75) is 32.7 Å². The summed E-state index contributed by atoms with van der Waals surface area (Å²) in [6.07, 6.45) is 2.32. The maximum Gasteiger partial charge on any atom is 0.241 e. The molecule has 0 aliphatic heterocycles. The largest absolute Gasteiger partial charge is 0.376 e. The van der Waals surface area contributed by atoms with E-state index in [0.29, 0.717) is 12.6 Å². The van der Waals surface area contributed by atoms with E-state index >= 15 is 0 Å². The maximum absolute atomic E-state index is 11.8. The third kappa shape index (κ3) is 2.99. The van der Waals surface area contributed by atoms with Gasteiger partial charge in [0.1, 0.15) is 0 Å². The SMILES string of the molecule is Cc1ccc(NCC(=O)N(C)C2CC2)c(C)c1. The number of carbonyl (C=O) groups excluding carboxylic acids is 1. The molecule has 1 aliphatic carbocycles. The lowest BCUT2D eigenvalue weighted by molar-refractivity contribution is -0.128. The zero-order valence-corrected chi connectivity index (χ0v) is 10.8. The predicted octanol–water partition coefficient (Wildman–Crippen LogP) is 2.34. The molecule has 1 amide bonds. The van der Waals surface area contributed by atoms with Crippen LogP contribution in [0.15, 0.2) is 18.2 Å². The van der Waals surface area contributed by atoms with Gasteiger partial charge in [-0.1, -0.05) is 17.7 Å². The molecule has 0 heterocycles. The van der Waals surface area contributed by atoms with Crippen LogP contribution in [0.4, 0.5) is 5.69 Å². The van der Waals surface area contributed by atoms with Gasteiger partial charge in [-0.2, -0.15) is 0 Å². The monoisotopic (exact) mass is 232 g/mol. The van der Waals surface area contributed by atoms with Crippen LogP contribution in [0.5, 0.6) is 0 Å². The molecule has 1 saturated carbocycles. The van der Waals surface area contributed by atoms with E-state index in [1.807, 2.05) is 18.0 Å². The average Bonchev–Trinajstić information content (AvgIpc) is 3.10. The Bertz CT molecular complexity index is 424. The summed E-state index contributed by atoms with van der Waals surface area (Å²) in [6, 6.07) is 6.71. The quantitative estimate of drug-likeness (QED) is 0.864. The van der Waals surface area contributed by atoms with E-state index in [1.165, 1.54) is 11.1 Å². The number of rotatable bonds is 4. The van der Waals surface area contributed by atoms with Gasteiger partial charge >= 0.3 is 0 Å². The molecule has 0 bridgehead atoms. The van der Waals surface area contributed by atoms with E-state index in [0.717, 1.165) is 18.5 Å². The number of aryl methyl sites for hydroxylation is 2. The van der Waals surface area contributed by atoms with Crippen LogP contribution in [0.2, 0.25) is 0 Å². The number of nitrogens with zero attached hydrogens (tertiary/aromatic N) is 1. The Morgan fingerprint density at radius 1 is 1.41 bits per heavy atom. The van der Waals surface area contributed by atoms with Crippen molar-refractivity contribution < 1.29 is 4.79 Å². The molecule has 0 radical (unpaired) electrons. The molecule has 0 aromatic heterocycles. The zero-order chi connectivity index (χ0) is 12.4. The fraction of sp³-hybridized carbons (Fsp3) is 0.500. The highest BCUT2D eigenvalue weighted by Crippen LogP contribution is 2.25. The van der Waals surface area contributed by atoms with Gasteiger partial charge in [-0.05, 0) is 38.3 Å². The Balaban J connectivity index is 1.90. The maximum atomic E-state index is 11.8. The van der Waals surface area contributed by atoms with Gasteiger partial charge in [0.05, 0.1) is 6.54 Å². The lowest BCUT2D eigenvalue weighted by atomic mass is 10.1. The molecule has 2 rings (SSSR count). The van der Waals surface area contributed by atoms with Crippen LogP contribution in [0.3, 0.4) is 0 Å². The molecule has 3 heteroatoms. The summed E-state index contributed by atoms with van der Waals surface area (Å²) >= 11 is 0. The van der Waals surface area contributed by atoms with E-state index < -0.39 is 0 Å². The number of nitrogens with one attached hydrogen (secondary N) is 1. The van der Waals surface area contributed by atoms with E-state index in [1.54, 1.807) is 0 Å². The third-order valence-electron chi connectivity index (χ3n) is 3.30. The normalized spacial score (nSPS) is 14.5. The van der Waals surface area contributed by atoms with Gasteiger partial charge in [0.15, 0.2) is 0 Å². The van der Waals surface area contributed by atoms with E-state index in [2.05, 4.69) is 31.3 Å². The average molecular weight is 232 g/mol. The molecule has 92 valence electrons. The van der Waals surface area contributed by atoms with E-state index in [-0.39, 0.29) is 5.91 Å². The minimum absolute atomic E-state index is 0.174. The summed E-state index contributed by atoms with van der Waals surface area (Å²) in [5.41, 5.74) is 3.48. The topological polar surface area (TPSA) is 32.3 Å². The summed E-state index contributed by atoms with van der Waals surface area (Å²) < 4.78 is 0. The summed E-state index contributed by atoms with van der Waals surface area (Å²) in [5, 5.41) is 3.21. The lowest BCUT2D eigenvalue weighted by Crippen LogP contribution is -2.33. The number of likely N-dealkylation sites (N-methyl/N-ethyl adjacent to an activating group) is 1. The first-order valence-electron chi connectivity index (χ1n) is 6.14. The van der Waals surface area contributed by atoms with Crippen LogP contribution >= 0.6 is 0 Å². The van der Waals surface area contributed by atoms with Crippen LogP contribution in [0, 0.1) is 13.8 Å². The van der Waals surface area contributed by atoms with Crippen LogP contribution < -0.4 is 5.32 Å². The van der Waals surface area contributed by atoms with Gasteiger partial charge in [-0.3, -0.25) is 4.79 Å². The Hall–Kier alpha value is -1.51. The third-order valence-corrected chi connectivity index (χ3v) is 3.30. The fourth-order valence-electron chi connectivity index (χ4n) is 1.97. The first kappa shape index (κ1) is 12.0. The molecule has 1 fully saturated rings. The fourth-order valence-corrected chi connectivity index (χ4v) is 1.97. The second-order valence-corrected chi connectivity index (χ2v) is 4.91. The van der Waals surface area contributed by atoms with Crippen LogP contribution in [0.1, 0.15) is 24.0 Å². The first-order valence-corrected chi connectivity index (χ1v) is 6.14. The first-order chi connectivity index (χ1) is 8.08. The molecule has 1 aliphatic rings. The lowest BCUT2D eigenvalue weighted by Gasteiger charge is -2.17. The minimum atomic E-state index is 0.174. The molecule has 1 N–H and O–H groups in total. The van der Waals surface area contributed by atoms with Crippen LogP contribution in [-0.2, 0) is 4.79 Å². The van der Waals surface area contributed by atoms with Crippen molar-refractivity contribution in [1.82, 2.24) is 4.90 Å². The second-order valence-electron chi connectivity index (χ2n) is 4.91. The number of hydrogen-bond acceptors (Lipinski definition) is 2. The zero-order valence-electron chi connectivity index (χ0n) is 10.8. The summed E-state index contributed by atoms with van der Waals surface area (Å²) in [5.74, 6) is 0.174. The second kappa shape index (κ2) is 4.78. The van der Waals surface area contributed by atoms with Crippen molar-refractivity contribution in [3.63, 3.8) is 0 Å². The molecule has 17 heavy (non-hydrogen) atoms. The Morgan fingerprint density at radius 2 is 2.12 bits per heavy atom. The molecular weight excluding hydrogens is 212 g/mol. The standard InChI is InChI=1S/C14H20N2O/c1-10-4-7-13(11(2)8-10)15-9-14(17)16(3)12-5-6-12/h4,7-8,12,15H,5-6,9H2,1-3H3. The van der Waals surface area contributed by atoms with Crippen molar-refractivity contribution in [1.29, 1.82) is 0 Å². The number of amides is 1. The van der Waals surface area contributed by atoms with Gasteiger partial charge in [-0.15, -0.1) is 0 Å². The highest BCUT2D eigenvalue weighted by molar-refractivity contribution is 5.81. The number of benzene rings is 1. The minimum Gasteiger partial charge on any atom is -0.376 e. The molecule has 0 saturated heterocycles. The number of carbonyl (C=O) groups is 1. The highest BCUT2D eigenvalue weighted by Gasteiger charge is 2.29.